The molecule has 1 aromatic rings. The van der Waals surface area contributed by atoms with Crippen molar-refractivity contribution in [2.75, 3.05) is 19.7 Å². The highest BCUT2D eigenvalue weighted by Crippen LogP contribution is 2.74. The Morgan fingerprint density at radius 3 is 2.58 bits per heavy atom. The number of Topliss-reactive ketones (excluding diaryl/α,β-unsaturated/α-hetero) is 1. The second-order valence-corrected chi connectivity index (χ2v) is 12.8. The Bertz CT molecular complexity index is 1320. The second kappa shape index (κ2) is 9.05. The number of likely N-dealkylation sites (tertiary alicyclic amines) is 1. The summed E-state index contributed by atoms with van der Waals surface area (Å²) < 4.78 is 38.7. The number of halogens is 2. The minimum atomic E-state index is -2.25. The van der Waals surface area contributed by atoms with Gasteiger partial charge in [0.15, 0.2) is 17.2 Å². The molecule has 214 valence electrons. The molecule has 5 aliphatic rings. The van der Waals surface area contributed by atoms with Crippen molar-refractivity contribution in [2.24, 2.45) is 34.0 Å². The number of aliphatic hydroxyl groups excluding tert-OH is 2. The first kappa shape index (κ1) is 27.3. The Morgan fingerprint density at radius 2 is 1.88 bits per heavy atom. The molecule has 0 radical (unpaired) electrons. The van der Waals surface area contributed by atoms with Crippen LogP contribution in [-0.2, 0) is 20.9 Å². The van der Waals surface area contributed by atoms with Crippen LogP contribution in [0.25, 0.3) is 0 Å². The highest BCUT2D eigenvalue weighted by molar-refractivity contribution is 6.01. The number of ketones is 2. The van der Waals surface area contributed by atoms with Crippen LogP contribution < -0.4 is 0 Å². The highest BCUT2D eigenvalue weighted by Gasteiger charge is 2.78. The molecule has 40 heavy (non-hydrogen) atoms. The van der Waals surface area contributed by atoms with Crippen LogP contribution >= 0.6 is 0 Å². The van der Waals surface area contributed by atoms with Gasteiger partial charge in [0.05, 0.1) is 11.5 Å². The molecule has 1 amide bonds. The topological polar surface area (TPSA) is 104 Å². The molecule has 4 fully saturated rings. The number of hydrogen-bond donors (Lipinski definition) is 2. The first-order valence-corrected chi connectivity index (χ1v) is 14.0. The largest absolute Gasteiger partial charge is 0.445 e. The molecule has 4 aliphatic carbocycles. The van der Waals surface area contributed by atoms with Crippen molar-refractivity contribution in [3.63, 3.8) is 0 Å². The summed E-state index contributed by atoms with van der Waals surface area (Å²) >= 11 is 0. The van der Waals surface area contributed by atoms with Gasteiger partial charge in [0.1, 0.15) is 19.4 Å². The lowest BCUT2D eigenvalue weighted by Crippen LogP contribution is -2.69. The highest BCUT2D eigenvalue weighted by atomic mass is 19.1. The Balaban J connectivity index is 1.34. The van der Waals surface area contributed by atoms with Crippen molar-refractivity contribution in [1.29, 1.82) is 0 Å². The Labute approximate surface area is 231 Å². The van der Waals surface area contributed by atoms with E-state index in [-0.39, 0.29) is 38.1 Å². The zero-order chi connectivity index (χ0) is 28.7. The quantitative estimate of drug-likeness (QED) is 0.587. The summed E-state index contributed by atoms with van der Waals surface area (Å²) in [6.45, 7) is 2.84. The van der Waals surface area contributed by atoms with Gasteiger partial charge >= 0.3 is 6.09 Å². The third kappa shape index (κ3) is 3.36. The lowest BCUT2D eigenvalue weighted by atomic mass is 9.43. The van der Waals surface area contributed by atoms with E-state index in [9.17, 15) is 24.6 Å². The molecule has 1 aliphatic heterocycles. The van der Waals surface area contributed by atoms with Crippen LogP contribution in [0, 0.1) is 34.0 Å². The first-order chi connectivity index (χ1) is 18.9. The fourth-order valence-corrected chi connectivity index (χ4v) is 9.37. The summed E-state index contributed by atoms with van der Waals surface area (Å²) in [5.74, 6) is -2.68. The summed E-state index contributed by atoms with van der Waals surface area (Å²) in [7, 11) is 0. The van der Waals surface area contributed by atoms with Gasteiger partial charge in [0.2, 0.25) is 0 Å². The van der Waals surface area contributed by atoms with Crippen molar-refractivity contribution < 1.29 is 38.1 Å². The van der Waals surface area contributed by atoms with Gasteiger partial charge in [0.25, 0.3) is 0 Å². The molecule has 1 heterocycles. The van der Waals surface area contributed by atoms with Crippen molar-refractivity contribution in [2.45, 2.75) is 57.7 Å². The summed E-state index contributed by atoms with van der Waals surface area (Å²) in [5, 5.41) is 21.7. The molecule has 9 atom stereocenters. The van der Waals surface area contributed by atoms with Crippen molar-refractivity contribution in [1.82, 2.24) is 4.90 Å². The van der Waals surface area contributed by atoms with Crippen molar-refractivity contribution in [3.8, 4) is 0 Å². The van der Waals surface area contributed by atoms with Crippen LogP contribution in [-0.4, -0.2) is 70.4 Å². The standard InChI is InChI=1S/C31H35F2NO6/c1-28-9-8-20(36)11-23(28)24(32)12-22-21-10-19-14-34(27(39)40-16-18-6-4-3-5-7-18)17-30(19,26(38)15-35)29(21,2)13-25(37)31(22,28)33/h3-9,11,19,21-22,24-25,35,37H,10,12-17H2,1-2H3/t19-,21-,22-,24-,25-,28-,29-,30+,31-/m0/s1. The molecular formula is C31H35F2NO6. The van der Waals surface area contributed by atoms with Gasteiger partial charge in [-0.1, -0.05) is 43.3 Å². The molecule has 7 nitrogen and oxygen atoms in total. The molecule has 0 spiro atoms. The van der Waals surface area contributed by atoms with Gasteiger partial charge in [0, 0.05) is 24.4 Å². The van der Waals surface area contributed by atoms with E-state index in [1.54, 1.807) is 6.92 Å². The van der Waals surface area contributed by atoms with E-state index >= 15 is 8.78 Å². The van der Waals surface area contributed by atoms with E-state index < -0.39 is 76.2 Å². The van der Waals surface area contributed by atoms with Crippen LogP contribution in [0.2, 0.25) is 0 Å². The predicted octanol–water partition coefficient (Wildman–Crippen LogP) is 3.73. The number of carbonyl (C=O) groups excluding carboxylic acids is 3. The van der Waals surface area contributed by atoms with E-state index in [2.05, 4.69) is 0 Å². The molecule has 1 aromatic carbocycles. The predicted molar refractivity (Wildman–Crippen MR) is 140 cm³/mol. The Hall–Kier alpha value is -2.91. The zero-order valence-electron chi connectivity index (χ0n) is 22.7. The third-order valence-electron chi connectivity index (χ3n) is 11.3. The van der Waals surface area contributed by atoms with Crippen LogP contribution in [0.1, 0.15) is 38.7 Å². The number of amides is 1. The fraction of sp³-hybridized carbons (Fsp3) is 0.581. The molecule has 2 N–H and O–H groups in total. The average Bonchev–Trinajstić information content (AvgIpc) is 3.44. The molecule has 6 rings (SSSR count). The fourth-order valence-electron chi connectivity index (χ4n) is 9.37. The second-order valence-electron chi connectivity index (χ2n) is 12.8. The maximum Gasteiger partial charge on any atom is 0.410 e. The van der Waals surface area contributed by atoms with Crippen LogP contribution in [0.4, 0.5) is 13.6 Å². The number of allylic oxidation sites excluding steroid dienone is 4. The SMILES string of the molecule is C[C@]12C=CC(=O)C=C1[C@@H](F)C[C@H]1[C@@H]3C[C@H]4CN(C(=O)OCc5ccccc5)C[C@@]4(C(=O)CO)[C@@]3(C)C[C@H](O)[C@@]12F. The third-order valence-corrected chi connectivity index (χ3v) is 11.3. The molecule has 0 bridgehead atoms. The Kier molecular flexibility index (Phi) is 6.17. The molecule has 1 saturated heterocycles. The smallest absolute Gasteiger partial charge is 0.410 e. The molecule has 0 unspecified atom stereocenters. The van der Waals surface area contributed by atoms with Gasteiger partial charge < -0.3 is 19.8 Å². The number of benzene rings is 1. The monoisotopic (exact) mass is 555 g/mol. The normalized spacial score (nSPS) is 43.4. The summed E-state index contributed by atoms with van der Waals surface area (Å²) in [4.78, 5) is 40.3. The number of hydrogen-bond acceptors (Lipinski definition) is 6. The Morgan fingerprint density at radius 1 is 1.15 bits per heavy atom. The van der Waals surface area contributed by atoms with Gasteiger partial charge in [-0.3, -0.25) is 9.59 Å². The summed E-state index contributed by atoms with van der Waals surface area (Å²) in [6.07, 6.45) is 0.108. The number of nitrogens with zero attached hydrogens (tertiary/aromatic N) is 1. The average molecular weight is 556 g/mol. The van der Waals surface area contributed by atoms with E-state index in [1.807, 2.05) is 37.3 Å². The van der Waals surface area contributed by atoms with Crippen LogP contribution in [0.5, 0.6) is 0 Å². The zero-order valence-corrected chi connectivity index (χ0v) is 22.7. The minimum Gasteiger partial charge on any atom is -0.445 e. The van der Waals surface area contributed by atoms with Crippen LogP contribution in [0.15, 0.2) is 54.1 Å². The van der Waals surface area contributed by atoms with Crippen LogP contribution in [0.3, 0.4) is 0 Å². The number of carbonyl (C=O) groups is 3. The van der Waals surface area contributed by atoms with Crippen molar-refractivity contribution >= 4 is 17.7 Å². The van der Waals surface area contributed by atoms with Gasteiger partial charge in [-0.2, -0.15) is 0 Å². The van der Waals surface area contributed by atoms with Gasteiger partial charge in [-0.25, -0.2) is 13.6 Å². The maximum absolute atomic E-state index is 17.5. The molecule has 9 heteroatoms. The van der Waals surface area contributed by atoms with Gasteiger partial charge in [-0.15, -0.1) is 0 Å². The summed E-state index contributed by atoms with van der Waals surface area (Å²) in [5.41, 5.74) is -5.13. The molecule has 3 saturated carbocycles. The lowest BCUT2D eigenvalue weighted by Gasteiger charge is -2.63. The van der Waals surface area contributed by atoms with E-state index in [0.717, 1.165) is 11.6 Å². The first-order valence-electron chi connectivity index (χ1n) is 14.0. The summed E-state index contributed by atoms with van der Waals surface area (Å²) in [6, 6.07) is 9.21. The van der Waals surface area contributed by atoms with Crippen molar-refractivity contribution in [3.05, 3.63) is 59.7 Å². The molecular weight excluding hydrogens is 520 g/mol. The van der Waals surface area contributed by atoms with Gasteiger partial charge in [-0.05, 0) is 66.7 Å². The van der Waals surface area contributed by atoms with E-state index in [1.165, 1.54) is 17.1 Å². The number of fused-ring (bicyclic) bond motifs is 7. The maximum atomic E-state index is 17.5. The minimum absolute atomic E-state index is 0.0215. The van der Waals surface area contributed by atoms with E-state index in [4.69, 9.17) is 4.74 Å². The number of rotatable bonds is 4. The number of alkyl halides is 2. The lowest BCUT2D eigenvalue weighted by molar-refractivity contribution is -0.211. The van der Waals surface area contributed by atoms with E-state index in [0.29, 0.717) is 6.42 Å². The number of aliphatic hydroxyl groups is 2. The number of ether oxygens (including phenoxy) is 1. The molecule has 0 aromatic heterocycles.